The molecule has 0 aliphatic carbocycles. The van der Waals surface area contributed by atoms with Gasteiger partial charge in [0.15, 0.2) is 5.69 Å². The lowest BCUT2D eigenvalue weighted by Gasteiger charge is -2.22. The summed E-state index contributed by atoms with van der Waals surface area (Å²) < 4.78 is 57.6. The fraction of sp³-hybridized carbons (Fsp3) is 0.412. The second-order valence-electron chi connectivity index (χ2n) is 5.71. The fourth-order valence-electron chi connectivity index (χ4n) is 2.49. The number of nitrogens with zero attached hydrogens (tertiary/aromatic N) is 2. The van der Waals surface area contributed by atoms with Crippen LogP contribution in [0.4, 0.5) is 17.6 Å². The van der Waals surface area contributed by atoms with Gasteiger partial charge in [0.2, 0.25) is 5.91 Å². The Kier molecular flexibility index (Phi) is 5.89. The number of aromatic nitrogens is 2. The van der Waals surface area contributed by atoms with E-state index in [4.69, 9.17) is 4.74 Å². The molecule has 1 aromatic heterocycles. The summed E-state index contributed by atoms with van der Waals surface area (Å²) in [5.74, 6) is -0.618. The third-order valence-electron chi connectivity index (χ3n) is 3.97. The smallest absolute Gasteiger partial charge is 0.435 e. The van der Waals surface area contributed by atoms with Gasteiger partial charge in [-0.05, 0) is 37.6 Å². The lowest BCUT2D eigenvalue weighted by molar-refractivity contribution is -0.142. The molecule has 0 saturated heterocycles. The molecule has 0 aliphatic heterocycles. The summed E-state index contributed by atoms with van der Waals surface area (Å²) in [7, 11) is 1.43. The first-order valence-electron chi connectivity index (χ1n) is 7.93. The van der Waals surface area contributed by atoms with Gasteiger partial charge < -0.3 is 10.1 Å². The third-order valence-corrected chi connectivity index (χ3v) is 3.97. The maximum Gasteiger partial charge on any atom is 0.435 e. The van der Waals surface area contributed by atoms with Crippen LogP contribution in [0.3, 0.4) is 0 Å². The molecule has 0 spiro atoms. The molecule has 1 heterocycles. The van der Waals surface area contributed by atoms with Gasteiger partial charge in [-0.3, -0.25) is 9.48 Å². The maximum absolute atomic E-state index is 13.6. The van der Waals surface area contributed by atoms with Gasteiger partial charge in [0.05, 0.1) is 13.2 Å². The molecule has 1 amide bonds. The number of hydrogen-bond acceptors (Lipinski definition) is 3. The normalized spacial score (nSPS) is 14.0. The molecular formula is C17H19F4N3O2. The van der Waals surface area contributed by atoms with Crippen molar-refractivity contribution in [1.82, 2.24) is 15.1 Å². The molecule has 0 radical (unpaired) electrons. The highest BCUT2D eigenvalue weighted by Gasteiger charge is 2.34. The fourth-order valence-corrected chi connectivity index (χ4v) is 2.49. The minimum absolute atomic E-state index is 0.407. The van der Waals surface area contributed by atoms with Crippen molar-refractivity contribution < 1.29 is 27.1 Å². The Labute approximate surface area is 148 Å². The Morgan fingerprint density at radius 1 is 1.35 bits per heavy atom. The topological polar surface area (TPSA) is 56.2 Å². The number of carbonyl (C=O) groups is 1. The average molecular weight is 373 g/mol. The van der Waals surface area contributed by atoms with Crippen LogP contribution >= 0.6 is 0 Å². The Balaban J connectivity index is 2.19. The minimum Gasteiger partial charge on any atom is -0.496 e. The molecule has 2 aromatic rings. The largest absolute Gasteiger partial charge is 0.496 e. The van der Waals surface area contributed by atoms with Gasteiger partial charge in [0.25, 0.3) is 0 Å². The zero-order valence-electron chi connectivity index (χ0n) is 14.5. The van der Waals surface area contributed by atoms with Crippen LogP contribution in [0.2, 0.25) is 0 Å². The molecule has 0 saturated carbocycles. The molecule has 2 unspecified atom stereocenters. The van der Waals surface area contributed by atoms with Gasteiger partial charge >= 0.3 is 6.18 Å². The number of amides is 1. The van der Waals surface area contributed by atoms with Crippen molar-refractivity contribution in [3.63, 3.8) is 0 Å². The summed E-state index contributed by atoms with van der Waals surface area (Å²) in [5.41, 5.74) is -0.622. The van der Waals surface area contributed by atoms with Crippen molar-refractivity contribution in [3.8, 4) is 5.75 Å². The van der Waals surface area contributed by atoms with Crippen molar-refractivity contribution in [2.45, 2.75) is 38.5 Å². The molecule has 1 aromatic carbocycles. The van der Waals surface area contributed by atoms with E-state index in [-0.39, 0.29) is 0 Å². The van der Waals surface area contributed by atoms with Crippen molar-refractivity contribution in [2.24, 2.45) is 0 Å². The number of rotatable bonds is 6. The van der Waals surface area contributed by atoms with E-state index < -0.39 is 35.7 Å². The number of benzene rings is 1. The summed E-state index contributed by atoms with van der Waals surface area (Å²) in [6, 6.07) is 3.21. The van der Waals surface area contributed by atoms with Gasteiger partial charge in [-0.15, -0.1) is 0 Å². The molecule has 0 bridgehead atoms. The standard InChI is InChI=1S/C17H19F4N3O2/c1-4-13(12-9-11(18)5-6-14(12)26-3)22-16(25)10(2)24-8-7-15(23-24)17(19,20)21/h5-10,13H,4H2,1-3H3,(H,22,25). The molecule has 9 heteroatoms. The summed E-state index contributed by atoms with van der Waals surface area (Å²) in [5, 5.41) is 6.11. The zero-order valence-corrected chi connectivity index (χ0v) is 14.5. The van der Waals surface area contributed by atoms with Crippen LogP contribution in [-0.2, 0) is 11.0 Å². The number of methoxy groups -OCH3 is 1. The molecule has 1 N–H and O–H groups in total. The van der Waals surface area contributed by atoms with Crippen molar-refractivity contribution in [3.05, 3.63) is 47.5 Å². The summed E-state index contributed by atoms with van der Waals surface area (Å²) >= 11 is 0. The first-order valence-corrected chi connectivity index (χ1v) is 7.93. The average Bonchev–Trinajstić information content (AvgIpc) is 3.09. The summed E-state index contributed by atoms with van der Waals surface area (Å²) in [6.07, 6.45) is -3.05. The van der Waals surface area contributed by atoms with Crippen LogP contribution in [0.1, 0.15) is 43.6 Å². The predicted molar refractivity (Wildman–Crippen MR) is 86.1 cm³/mol. The van der Waals surface area contributed by atoms with Gasteiger partial charge in [-0.1, -0.05) is 6.92 Å². The van der Waals surface area contributed by atoms with E-state index >= 15 is 0 Å². The van der Waals surface area contributed by atoms with Crippen LogP contribution in [0.25, 0.3) is 0 Å². The second kappa shape index (κ2) is 7.76. The van der Waals surface area contributed by atoms with Gasteiger partial charge in [-0.2, -0.15) is 18.3 Å². The lowest BCUT2D eigenvalue weighted by atomic mass is 10.0. The highest BCUT2D eigenvalue weighted by molar-refractivity contribution is 5.80. The number of hydrogen-bond donors (Lipinski definition) is 1. The SMILES string of the molecule is CCC(NC(=O)C(C)n1ccc(C(F)(F)F)n1)c1cc(F)ccc1OC. The molecule has 2 atom stereocenters. The minimum atomic E-state index is -4.58. The summed E-state index contributed by atoms with van der Waals surface area (Å²) in [6.45, 7) is 3.22. The Bertz CT molecular complexity index is 774. The van der Waals surface area contributed by atoms with Crippen LogP contribution in [0.5, 0.6) is 5.75 Å². The van der Waals surface area contributed by atoms with Crippen LogP contribution < -0.4 is 10.1 Å². The highest BCUT2D eigenvalue weighted by atomic mass is 19.4. The van der Waals surface area contributed by atoms with E-state index in [0.717, 1.165) is 16.9 Å². The van der Waals surface area contributed by atoms with E-state index in [2.05, 4.69) is 10.4 Å². The Morgan fingerprint density at radius 2 is 2.04 bits per heavy atom. The van der Waals surface area contributed by atoms with Crippen LogP contribution in [0.15, 0.2) is 30.5 Å². The first kappa shape index (κ1) is 19.7. The Morgan fingerprint density at radius 3 is 2.58 bits per heavy atom. The van der Waals surface area contributed by atoms with Crippen molar-refractivity contribution in [2.75, 3.05) is 7.11 Å². The molecule has 26 heavy (non-hydrogen) atoms. The first-order chi connectivity index (χ1) is 12.2. The third kappa shape index (κ3) is 4.33. The van der Waals surface area contributed by atoms with Gasteiger partial charge in [0, 0.05) is 11.8 Å². The molecule has 142 valence electrons. The van der Waals surface area contributed by atoms with Crippen molar-refractivity contribution in [1.29, 1.82) is 0 Å². The van der Waals surface area contributed by atoms with Crippen LogP contribution in [-0.4, -0.2) is 22.8 Å². The molecule has 0 aliphatic rings. The van der Waals surface area contributed by atoms with Gasteiger partial charge in [-0.25, -0.2) is 4.39 Å². The molecule has 5 nitrogen and oxygen atoms in total. The van der Waals surface area contributed by atoms with Crippen molar-refractivity contribution >= 4 is 5.91 Å². The number of carbonyl (C=O) groups excluding carboxylic acids is 1. The van der Waals surface area contributed by atoms with E-state index in [1.165, 1.54) is 32.2 Å². The van der Waals surface area contributed by atoms with E-state index in [9.17, 15) is 22.4 Å². The van der Waals surface area contributed by atoms with E-state index in [1.54, 1.807) is 6.92 Å². The number of halogens is 4. The summed E-state index contributed by atoms with van der Waals surface area (Å²) in [4.78, 5) is 12.4. The molecule has 0 fully saturated rings. The Hall–Kier alpha value is -2.58. The molecular weight excluding hydrogens is 354 g/mol. The number of ether oxygens (including phenoxy) is 1. The quantitative estimate of drug-likeness (QED) is 0.782. The lowest BCUT2D eigenvalue weighted by Crippen LogP contribution is -2.34. The van der Waals surface area contributed by atoms with Gasteiger partial charge in [0.1, 0.15) is 17.6 Å². The number of alkyl halides is 3. The highest BCUT2D eigenvalue weighted by Crippen LogP contribution is 2.29. The van der Waals surface area contributed by atoms with Crippen LogP contribution in [0, 0.1) is 5.82 Å². The predicted octanol–water partition coefficient (Wildman–Crippen LogP) is 3.88. The zero-order chi connectivity index (χ0) is 19.5. The number of nitrogens with one attached hydrogen (secondary N) is 1. The maximum atomic E-state index is 13.6. The second-order valence-corrected chi connectivity index (χ2v) is 5.71. The monoisotopic (exact) mass is 373 g/mol. The van der Waals surface area contributed by atoms with E-state index in [1.807, 2.05) is 0 Å². The molecule has 2 rings (SSSR count). The van der Waals surface area contributed by atoms with E-state index in [0.29, 0.717) is 17.7 Å².